The fourth-order valence-corrected chi connectivity index (χ4v) is 2.07. The first-order valence-electron chi connectivity index (χ1n) is 6.50. The highest BCUT2D eigenvalue weighted by molar-refractivity contribution is 6.29. The molecule has 0 saturated carbocycles. The summed E-state index contributed by atoms with van der Waals surface area (Å²) in [4.78, 5) is 13.0. The molecule has 5 heteroatoms. The lowest BCUT2D eigenvalue weighted by molar-refractivity contribution is 1.11. The summed E-state index contributed by atoms with van der Waals surface area (Å²) < 4.78 is 0. The summed E-state index contributed by atoms with van der Waals surface area (Å²) in [6.45, 7) is 1.94. The third-order valence-corrected chi connectivity index (χ3v) is 3.13. The van der Waals surface area contributed by atoms with E-state index in [0.29, 0.717) is 11.1 Å². The van der Waals surface area contributed by atoms with E-state index in [1.54, 1.807) is 12.3 Å². The molecule has 21 heavy (non-hydrogen) atoms. The van der Waals surface area contributed by atoms with Crippen molar-refractivity contribution in [2.24, 2.45) is 0 Å². The average molecular weight is 297 g/mol. The van der Waals surface area contributed by atoms with Crippen molar-refractivity contribution < 1.29 is 0 Å². The van der Waals surface area contributed by atoms with Crippen LogP contribution in [0, 0.1) is 6.92 Å². The van der Waals surface area contributed by atoms with Crippen LogP contribution in [0.4, 0.5) is 11.6 Å². The molecule has 0 atom stereocenters. The van der Waals surface area contributed by atoms with Gasteiger partial charge in [-0.25, -0.2) is 15.0 Å². The fraction of sp³-hybridized carbons (Fsp3) is 0.0625. The third-order valence-electron chi connectivity index (χ3n) is 2.91. The van der Waals surface area contributed by atoms with Crippen LogP contribution in [0.1, 0.15) is 5.69 Å². The SMILES string of the molecule is Cc1cc(-c2ccccc2)nc(Nc2ccc(Cl)nc2)n1. The molecule has 0 bridgehead atoms. The van der Waals surface area contributed by atoms with Gasteiger partial charge in [0.15, 0.2) is 0 Å². The summed E-state index contributed by atoms with van der Waals surface area (Å²) >= 11 is 5.78. The van der Waals surface area contributed by atoms with Gasteiger partial charge in [-0.2, -0.15) is 0 Å². The minimum absolute atomic E-state index is 0.454. The smallest absolute Gasteiger partial charge is 0.228 e. The number of aryl methyl sites for hydroxylation is 1. The number of pyridine rings is 1. The first-order valence-corrected chi connectivity index (χ1v) is 6.88. The standard InChI is InChI=1S/C16H13ClN4/c1-11-9-14(12-5-3-2-4-6-12)21-16(19-11)20-13-7-8-15(17)18-10-13/h2-10H,1H3,(H,19,20,21). The molecule has 4 nitrogen and oxygen atoms in total. The molecule has 3 aromatic rings. The van der Waals surface area contributed by atoms with Crippen molar-refractivity contribution >= 4 is 23.2 Å². The van der Waals surface area contributed by atoms with Gasteiger partial charge in [-0.1, -0.05) is 41.9 Å². The Morgan fingerprint density at radius 2 is 1.81 bits per heavy atom. The lowest BCUT2D eigenvalue weighted by Gasteiger charge is -2.08. The van der Waals surface area contributed by atoms with Crippen molar-refractivity contribution in [3.05, 3.63) is 65.6 Å². The summed E-state index contributed by atoms with van der Waals surface area (Å²) in [7, 11) is 0. The number of halogens is 1. The maximum Gasteiger partial charge on any atom is 0.228 e. The van der Waals surface area contributed by atoms with E-state index in [2.05, 4.69) is 20.3 Å². The van der Waals surface area contributed by atoms with Gasteiger partial charge in [0.1, 0.15) is 5.15 Å². The molecule has 1 aromatic carbocycles. The predicted molar refractivity (Wildman–Crippen MR) is 84.7 cm³/mol. The summed E-state index contributed by atoms with van der Waals surface area (Å²) in [5.74, 6) is 0.540. The summed E-state index contributed by atoms with van der Waals surface area (Å²) in [6.07, 6.45) is 1.65. The van der Waals surface area contributed by atoms with Gasteiger partial charge in [-0.3, -0.25) is 0 Å². The quantitative estimate of drug-likeness (QED) is 0.734. The van der Waals surface area contributed by atoms with Crippen LogP contribution in [0.2, 0.25) is 5.15 Å². The molecule has 3 rings (SSSR count). The van der Waals surface area contributed by atoms with Gasteiger partial charge in [-0.05, 0) is 25.1 Å². The zero-order chi connectivity index (χ0) is 14.7. The van der Waals surface area contributed by atoms with Gasteiger partial charge in [0.2, 0.25) is 5.95 Å². The highest BCUT2D eigenvalue weighted by Gasteiger charge is 2.05. The van der Waals surface area contributed by atoms with Crippen molar-refractivity contribution in [1.82, 2.24) is 15.0 Å². The molecule has 0 amide bonds. The summed E-state index contributed by atoms with van der Waals surface area (Å²) in [5.41, 5.74) is 3.63. The molecular weight excluding hydrogens is 284 g/mol. The summed E-state index contributed by atoms with van der Waals surface area (Å²) in [5, 5.41) is 3.59. The zero-order valence-corrected chi connectivity index (χ0v) is 12.2. The molecule has 0 saturated heterocycles. The van der Waals surface area contributed by atoms with Crippen molar-refractivity contribution in [2.75, 3.05) is 5.32 Å². The van der Waals surface area contributed by atoms with E-state index in [-0.39, 0.29) is 0 Å². The number of rotatable bonds is 3. The molecule has 1 N–H and O–H groups in total. The van der Waals surface area contributed by atoms with E-state index < -0.39 is 0 Å². The molecule has 104 valence electrons. The number of hydrogen-bond acceptors (Lipinski definition) is 4. The number of nitrogens with one attached hydrogen (secondary N) is 1. The van der Waals surface area contributed by atoms with Gasteiger partial charge in [0.25, 0.3) is 0 Å². The van der Waals surface area contributed by atoms with Crippen LogP contribution in [0.15, 0.2) is 54.7 Å². The van der Waals surface area contributed by atoms with E-state index in [9.17, 15) is 0 Å². The first-order chi connectivity index (χ1) is 10.2. The molecule has 0 aliphatic carbocycles. The lowest BCUT2D eigenvalue weighted by Crippen LogP contribution is -2.00. The molecule has 0 radical (unpaired) electrons. The number of anilines is 2. The topological polar surface area (TPSA) is 50.7 Å². The number of hydrogen-bond donors (Lipinski definition) is 1. The molecule has 0 aliphatic rings. The Labute approximate surface area is 127 Å². The minimum atomic E-state index is 0.454. The van der Waals surface area contributed by atoms with Crippen molar-refractivity contribution in [3.8, 4) is 11.3 Å². The zero-order valence-electron chi connectivity index (χ0n) is 11.4. The Morgan fingerprint density at radius 3 is 2.52 bits per heavy atom. The fourth-order valence-electron chi connectivity index (χ4n) is 1.96. The molecule has 0 aliphatic heterocycles. The van der Waals surface area contributed by atoms with Gasteiger partial charge in [0, 0.05) is 11.3 Å². The van der Waals surface area contributed by atoms with E-state index in [0.717, 1.165) is 22.6 Å². The molecule has 2 aromatic heterocycles. The van der Waals surface area contributed by atoms with Crippen LogP contribution in [-0.2, 0) is 0 Å². The lowest BCUT2D eigenvalue weighted by atomic mass is 10.1. The third kappa shape index (κ3) is 3.35. The molecule has 2 heterocycles. The van der Waals surface area contributed by atoms with E-state index in [1.807, 2.05) is 49.4 Å². The van der Waals surface area contributed by atoms with Crippen LogP contribution in [0.5, 0.6) is 0 Å². The van der Waals surface area contributed by atoms with Crippen molar-refractivity contribution in [3.63, 3.8) is 0 Å². The molecular formula is C16H13ClN4. The Morgan fingerprint density at radius 1 is 1.00 bits per heavy atom. The minimum Gasteiger partial charge on any atom is -0.323 e. The van der Waals surface area contributed by atoms with Crippen LogP contribution >= 0.6 is 11.6 Å². The Balaban J connectivity index is 1.93. The predicted octanol–water partition coefficient (Wildman–Crippen LogP) is 4.24. The monoisotopic (exact) mass is 296 g/mol. The van der Waals surface area contributed by atoms with Crippen molar-refractivity contribution in [1.29, 1.82) is 0 Å². The second-order valence-electron chi connectivity index (χ2n) is 4.58. The van der Waals surface area contributed by atoms with Gasteiger partial charge in [-0.15, -0.1) is 0 Å². The highest BCUT2D eigenvalue weighted by Crippen LogP contribution is 2.20. The summed E-state index contributed by atoms with van der Waals surface area (Å²) in [6, 6.07) is 15.5. The second kappa shape index (κ2) is 5.89. The first kappa shape index (κ1) is 13.5. The van der Waals surface area contributed by atoms with Gasteiger partial charge < -0.3 is 5.32 Å². The van der Waals surface area contributed by atoms with Gasteiger partial charge in [0.05, 0.1) is 17.6 Å². The molecule has 0 unspecified atom stereocenters. The number of aromatic nitrogens is 3. The normalized spacial score (nSPS) is 10.4. The highest BCUT2D eigenvalue weighted by atomic mass is 35.5. The van der Waals surface area contributed by atoms with E-state index >= 15 is 0 Å². The molecule has 0 fully saturated rings. The molecule has 0 spiro atoms. The average Bonchev–Trinajstić information content (AvgIpc) is 2.50. The maximum absolute atomic E-state index is 5.78. The van der Waals surface area contributed by atoms with Crippen LogP contribution in [-0.4, -0.2) is 15.0 Å². The van der Waals surface area contributed by atoms with Crippen LogP contribution in [0.25, 0.3) is 11.3 Å². The van der Waals surface area contributed by atoms with Crippen LogP contribution < -0.4 is 5.32 Å². The largest absolute Gasteiger partial charge is 0.323 e. The Bertz CT molecular complexity index is 742. The Kier molecular flexibility index (Phi) is 3.79. The maximum atomic E-state index is 5.78. The number of benzene rings is 1. The van der Waals surface area contributed by atoms with E-state index in [1.165, 1.54) is 0 Å². The Hall–Kier alpha value is -2.46. The van der Waals surface area contributed by atoms with Crippen LogP contribution in [0.3, 0.4) is 0 Å². The van der Waals surface area contributed by atoms with Gasteiger partial charge >= 0.3 is 0 Å². The second-order valence-corrected chi connectivity index (χ2v) is 4.97. The number of nitrogens with zero attached hydrogens (tertiary/aromatic N) is 3. The van der Waals surface area contributed by atoms with Crippen molar-refractivity contribution in [2.45, 2.75) is 6.92 Å². The van der Waals surface area contributed by atoms with E-state index in [4.69, 9.17) is 11.6 Å².